The van der Waals surface area contributed by atoms with Crippen molar-refractivity contribution in [1.29, 1.82) is 0 Å². The van der Waals surface area contributed by atoms with Crippen LogP contribution in [0.2, 0.25) is 0 Å². The Bertz CT molecular complexity index is 422. The van der Waals surface area contributed by atoms with E-state index >= 15 is 0 Å². The Hall–Kier alpha value is -0.810. The number of anilines is 1. The average Bonchev–Trinajstić information content (AvgIpc) is 2.33. The van der Waals surface area contributed by atoms with E-state index in [-0.39, 0.29) is 0 Å². The van der Waals surface area contributed by atoms with Crippen LogP contribution in [-0.4, -0.2) is 33.6 Å². The van der Waals surface area contributed by atoms with Gasteiger partial charge in [-0.25, -0.2) is 0 Å². The van der Waals surface area contributed by atoms with E-state index in [1.165, 1.54) is 0 Å². The average molecular weight is 267 g/mol. The molecule has 1 aliphatic rings. The van der Waals surface area contributed by atoms with Crippen molar-refractivity contribution in [2.45, 2.75) is 25.1 Å². The minimum absolute atomic E-state index is 0.445. The lowest BCUT2D eigenvalue weighted by Gasteiger charge is -2.39. The second-order valence-electron chi connectivity index (χ2n) is 4.27. The fourth-order valence-electron chi connectivity index (χ4n) is 2.10. The van der Waals surface area contributed by atoms with Crippen LogP contribution in [-0.2, 0) is 0 Å². The molecule has 1 saturated heterocycles. The number of hydrogen-bond donors (Lipinski definition) is 1. The van der Waals surface area contributed by atoms with Crippen molar-refractivity contribution in [1.82, 2.24) is 4.98 Å². The van der Waals surface area contributed by atoms with Crippen molar-refractivity contribution in [2.24, 2.45) is 5.73 Å². The standard InChI is InChI=1S/C12H17N3S2/c1-8-9(2)17-6-5-15(8)11-7-14-4-3-10(11)12(13)16/h3-4,7-9H,5-6H2,1-2H3,(H2,13,16). The summed E-state index contributed by atoms with van der Waals surface area (Å²) in [5.41, 5.74) is 7.77. The predicted molar refractivity (Wildman–Crippen MR) is 78.9 cm³/mol. The van der Waals surface area contributed by atoms with Gasteiger partial charge < -0.3 is 10.6 Å². The molecule has 0 aliphatic carbocycles. The molecule has 5 heteroatoms. The van der Waals surface area contributed by atoms with Gasteiger partial charge in [-0.3, -0.25) is 4.98 Å². The smallest absolute Gasteiger partial charge is 0.106 e. The normalized spacial score (nSPS) is 24.7. The molecular formula is C12H17N3S2. The van der Waals surface area contributed by atoms with E-state index in [0.717, 1.165) is 23.5 Å². The monoisotopic (exact) mass is 267 g/mol. The molecule has 0 saturated carbocycles. The summed E-state index contributed by atoms with van der Waals surface area (Å²) in [6.07, 6.45) is 3.61. The third kappa shape index (κ3) is 2.55. The second-order valence-corrected chi connectivity index (χ2v) is 6.19. The highest BCUT2D eigenvalue weighted by molar-refractivity contribution is 8.00. The fraction of sp³-hybridized carbons (Fsp3) is 0.500. The molecule has 2 atom stereocenters. The first-order valence-electron chi connectivity index (χ1n) is 5.73. The zero-order valence-electron chi connectivity index (χ0n) is 10.1. The van der Waals surface area contributed by atoms with Gasteiger partial charge in [0.15, 0.2) is 0 Å². The first-order chi connectivity index (χ1) is 8.11. The number of rotatable bonds is 2. The summed E-state index contributed by atoms with van der Waals surface area (Å²) in [5.74, 6) is 1.14. The number of thioether (sulfide) groups is 1. The van der Waals surface area contributed by atoms with Gasteiger partial charge in [-0.05, 0) is 13.0 Å². The van der Waals surface area contributed by atoms with Crippen molar-refractivity contribution < 1.29 is 0 Å². The number of nitrogens with zero attached hydrogens (tertiary/aromatic N) is 2. The van der Waals surface area contributed by atoms with Crippen LogP contribution in [0.15, 0.2) is 18.5 Å². The van der Waals surface area contributed by atoms with Gasteiger partial charge in [0.2, 0.25) is 0 Å². The molecule has 3 nitrogen and oxygen atoms in total. The number of thiocarbonyl (C=S) groups is 1. The Morgan fingerprint density at radius 3 is 3.06 bits per heavy atom. The summed E-state index contributed by atoms with van der Waals surface area (Å²) in [6.45, 7) is 5.53. The maximum Gasteiger partial charge on any atom is 0.106 e. The molecule has 92 valence electrons. The Labute approximate surface area is 112 Å². The molecule has 1 aromatic rings. The molecule has 0 bridgehead atoms. The molecule has 2 N–H and O–H groups in total. The maximum atomic E-state index is 5.77. The summed E-state index contributed by atoms with van der Waals surface area (Å²) in [6, 6.07) is 2.38. The van der Waals surface area contributed by atoms with E-state index in [4.69, 9.17) is 18.0 Å². The van der Waals surface area contributed by atoms with Gasteiger partial charge >= 0.3 is 0 Å². The predicted octanol–water partition coefficient (Wildman–Crippen LogP) is 2.05. The number of nitrogens with two attached hydrogens (primary N) is 1. The highest BCUT2D eigenvalue weighted by Crippen LogP contribution is 2.30. The van der Waals surface area contributed by atoms with Crippen molar-refractivity contribution >= 4 is 34.7 Å². The molecule has 0 spiro atoms. The Kier molecular flexibility index (Phi) is 3.89. The molecule has 0 radical (unpaired) electrons. The zero-order valence-corrected chi connectivity index (χ0v) is 11.7. The molecule has 1 aromatic heterocycles. The van der Waals surface area contributed by atoms with Gasteiger partial charge in [-0.1, -0.05) is 19.1 Å². The van der Waals surface area contributed by atoms with Crippen LogP contribution < -0.4 is 10.6 Å². The highest BCUT2D eigenvalue weighted by atomic mass is 32.2. The number of pyridine rings is 1. The topological polar surface area (TPSA) is 42.2 Å². The summed E-state index contributed by atoms with van der Waals surface area (Å²) in [4.78, 5) is 7.01. The quantitative estimate of drug-likeness (QED) is 0.831. The van der Waals surface area contributed by atoms with Crippen LogP contribution in [0, 0.1) is 0 Å². The summed E-state index contributed by atoms with van der Waals surface area (Å²) < 4.78 is 0. The summed E-state index contributed by atoms with van der Waals surface area (Å²) in [7, 11) is 0. The first-order valence-corrected chi connectivity index (χ1v) is 7.19. The molecule has 0 aromatic carbocycles. The Morgan fingerprint density at radius 1 is 1.59 bits per heavy atom. The van der Waals surface area contributed by atoms with Crippen LogP contribution >= 0.6 is 24.0 Å². The third-order valence-corrected chi connectivity index (χ3v) is 4.82. The van der Waals surface area contributed by atoms with E-state index in [1.807, 2.05) is 24.0 Å². The lowest BCUT2D eigenvalue weighted by atomic mass is 10.1. The van der Waals surface area contributed by atoms with E-state index in [1.54, 1.807) is 6.20 Å². The minimum atomic E-state index is 0.445. The van der Waals surface area contributed by atoms with Crippen LogP contribution in [0.4, 0.5) is 5.69 Å². The van der Waals surface area contributed by atoms with Crippen LogP contribution in [0.1, 0.15) is 19.4 Å². The van der Waals surface area contributed by atoms with Gasteiger partial charge in [0.05, 0.1) is 11.9 Å². The molecular weight excluding hydrogens is 250 g/mol. The summed E-state index contributed by atoms with van der Waals surface area (Å²) >= 11 is 7.12. The van der Waals surface area contributed by atoms with Crippen molar-refractivity contribution in [3.05, 3.63) is 24.0 Å². The van der Waals surface area contributed by atoms with Gasteiger partial charge in [-0.15, -0.1) is 0 Å². The lowest BCUT2D eigenvalue weighted by Crippen LogP contribution is -2.45. The van der Waals surface area contributed by atoms with E-state index in [9.17, 15) is 0 Å². The number of hydrogen-bond acceptors (Lipinski definition) is 4. The third-order valence-electron chi connectivity index (χ3n) is 3.26. The zero-order chi connectivity index (χ0) is 12.4. The fourth-order valence-corrected chi connectivity index (χ4v) is 3.37. The molecule has 1 aliphatic heterocycles. The Balaban J connectivity index is 2.36. The summed E-state index contributed by atoms with van der Waals surface area (Å²) in [5, 5.41) is 0.614. The van der Waals surface area contributed by atoms with Crippen LogP contribution in [0.5, 0.6) is 0 Å². The SMILES string of the molecule is CC1SCCN(c2cnccc2C(N)=S)C1C. The Morgan fingerprint density at radius 2 is 2.35 bits per heavy atom. The van der Waals surface area contributed by atoms with Gasteiger partial charge in [-0.2, -0.15) is 11.8 Å². The van der Waals surface area contributed by atoms with Crippen molar-refractivity contribution in [3.8, 4) is 0 Å². The first kappa shape index (κ1) is 12.6. The maximum absolute atomic E-state index is 5.77. The van der Waals surface area contributed by atoms with Crippen molar-refractivity contribution in [2.75, 3.05) is 17.2 Å². The number of aromatic nitrogens is 1. The molecule has 2 unspecified atom stereocenters. The molecule has 17 heavy (non-hydrogen) atoms. The van der Waals surface area contributed by atoms with E-state index < -0.39 is 0 Å². The van der Waals surface area contributed by atoms with E-state index in [0.29, 0.717) is 16.3 Å². The van der Waals surface area contributed by atoms with Crippen LogP contribution in [0.3, 0.4) is 0 Å². The van der Waals surface area contributed by atoms with Crippen molar-refractivity contribution in [3.63, 3.8) is 0 Å². The van der Waals surface area contributed by atoms with Gasteiger partial charge in [0, 0.05) is 35.3 Å². The van der Waals surface area contributed by atoms with Crippen LogP contribution in [0.25, 0.3) is 0 Å². The largest absolute Gasteiger partial charge is 0.389 e. The molecule has 1 fully saturated rings. The van der Waals surface area contributed by atoms with Gasteiger partial charge in [0.25, 0.3) is 0 Å². The highest BCUT2D eigenvalue weighted by Gasteiger charge is 2.27. The van der Waals surface area contributed by atoms with E-state index in [2.05, 4.69) is 23.7 Å². The molecule has 0 amide bonds. The second kappa shape index (κ2) is 5.23. The molecule has 2 rings (SSSR count). The lowest BCUT2D eigenvalue weighted by molar-refractivity contribution is 0.626. The minimum Gasteiger partial charge on any atom is -0.389 e. The van der Waals surface area contributed by atoms with Gasteiger partial charge in [0.1, 0.15) is 4.99 Å². The molecule has 2 heterocycles.